The van der Waals surface area contributed by atoms with Crippen LogP contribution in [-0.2, 0) is 16.1 Å². The normalized spacial score (nSPS) is 18.2. The third-order valence-electron chi connectivity index (χ3n) is 5.31. The average Bonchev–Trinajstić information content (AvgIpc) is 2.74. The van der Waals surface area contributed by atoms with Gasteiger partial charge in [0.1, 0.15) is 6.54 Å². The third kappa shape index (κ3) is 6.10. The van der Waals surface area contributed by atoms with Crippen LogP contribution in [0.1, 0.15) is 31.7 Å². The number of carbonyl (C=O) groups excluding carboxylic acids is 2. The summed E-state index contributed by atoms with van der Waals surface area (Å²) in [7, 11) is 0. The summed E-state index contributed by atoms with van der Waals surface area (Å²) in [6, 6.07) is 7.57. The van der Waals surface area contributed by atoms with Gasteiger partial charge >= 0.3 is 0 Å². The molecule has 2 aliphatic rings. The second kappa shape index (κ2) is 10.5. The molecule has 0 aromatic heterocycles. The summed E-state index contributed by atoms with van der Waals surface area (Å²) < 4.78 is 0. The predicted octanol–water partition coefficient (Wildman–Crippen LogP) is 1.96. The van der Waals surface area contributed by atoms with E-state index in [1.165, 1.54) is 6.42 Å². The quantitative estimate of drug-likeness (QED) is 0.585. The fourth-order valence-corrected chi connectivity index (χ4v) is 3.80. The Kier molecular flexibility index (Phi) is 7.75. The van der Waals surface area contributed by atoms with Crippen LogP contribution in [0.5, 0.6) is 0 Å². The van der Waals surface area contributed by atoms with Gasteiger partial charge in [-0.25, -0.2) is 4.99 Å². The maximum atomic E-state index is 12.7. The van der Waals surface area contributed by atoms with Crippen molar-refractivity contribution in [1.82, 2.24) is 20.0 Å². The molecule has 0 unspecified atom stereocenters. The van der Waals surface area contributed by atoms with Gasteiger partial charge < -0.3 is 20.0 Å². The molecule has 2 saturated heterocycles. The molecule has 1 N–H and O–H groups in total. The Morgan fingerprint density at radius 2 is 1.79 bits per heavy atom. The van der Waals surface area contributed by atoms with Crippen LogP contribution in [-0.4, -0.2) is 78.3 Å². The lowest BCUT2D eigenvalue weighted by Gasteiger charge is -2.36. The molecule has 0 saturated carbocycles. The molecule has 29 heavy (non-hydrogen) atoms. The number of piperazine rings is 1. The first-order valence-corrected chi connectivity index (χ1v) is 10.8. The Bertz CT molecular complexity index is 731. The van der Waals surface area contributed by atoms with Crippen LogP contribution in [0.25, 0.3) is 0 Å². The molecular weight excluding hydrogens is 390 g/mol. The highest BCUT2D eigenvalue weighted by Gasteiger charge is 2.26. The van der Waals surface area contributed by atoms with Crippen LogP contribution < -0.4 is 5.32 Å². The van der Waals surface area contributed by atoms with Gasteiger partial charge in [0.25, 0.3) is 0 Å². The molecule has 158 valence electrons. The predicted molar refractivity (Wildman–Crippen MR) is 115 cm³/mol. The summed E-state index contributed by atoms with van der Waals surface area (Å²) in [5.41, 5.74) is 1.06. The minimum Gasteiger partial charge on any atom is -0.356 e. The van der Waals surface area contributed by atoms with Crippen LogP contribution in [0.4, 0.5) is 0 Å². The van der Waals surface area contributed by atoms with E-state index in [0.717, 1.165) is 31.5 Å². The van der Waals surface area contributed by atoms with Gasteiger partial charge in [0, 0.05) is 44.3 Å². The number of hydrogen-bond acceptors (Lipinski definition) is 3. The monoisotopic (exact) mass is 419 g/mol. The number of nitrogens with zero attached hydrogens (tertiary/aromatic N) is 4. The zero-order chi connectivity index (χ0) is 20.6. The molecule has 0 aliphatic carbocycles. The van der Waals surface area contributed by atoms with Crippen molar-refractivity contribution in [2.75, 3.05) is 45.8 Å². The lowest BCUT2D eigenvalue weighted by molar-refractivity contribution is -0.135. The molecule has 0 atom stereocenters. The first-order chi connectivity index (χ1) is 14.1. The van der Waals surface area contributed by atoms with Crippen molar-refractivity contribution in [3.8, 4) is 0 Å². The standard InChI is InChI=1S/C21H30ClN5O2/c1-2-23-21(24-14-19(28)25-10-4-3-5-11-25)27-13-12-26(20(29)16-27)15-17-6-8-18(22)9-7-17/h6-9H,2-5,10-16H2,1H3,(H,23,24). The highest BCUT2D eigenvalue weighted by Crippen LogP contribution is 2.14. The van der Waals surface area contributed by atoms with E-state index in [1.54, 1.807) is 0 Å². The van der Waals surface area contributed by atoms with Gasteiger partial charge in [-0.15, -0.1) is 0 Å². The van der Waals surface area contributed by atoms with Crippen LogP contribution in [0, 0.1) is 0 Å². The number of carbonyl (C=O) groups is 2. The lowest BCUT2D eigenvalue weighted by atomic mass is 10.1. The highest BCUT2D eigenvalue weighted by molar-refractivity contribution is 6.30. The van der Waals surface area contributed by atoms with E-state index in [4.69, 9.17) is 11.6 Å². The van der Waals surface area contributed by atoms with E-state index in [2.05, 4.69) is 10.3 Å². The van der Waals surface area contributed by atoms with E-state index < -0.39 is 0 Å². The fraction of sp³-hybridized carbons (Fsp3) is 0.571. The number of hydrogen-bond donors (Lipinski definition) is 1. The van der Waals surface area contributed by atoms with E-state index >= 15 is 0 Å². The van der Waals surface area contributed by atoms with Crippen molar-refractivity contribution >= 4 is 29.4 Å². The van der Waals surface area contributed by atoms with Gasteiger partial charge in [0.05, 0.1) is 6.54 Å². The van der Waals surface area contributed by atoms with Crippen molar-refractivity contribution < 1.29 is 9.59 Å². The number of amides is 2. The molecule has 0 bridgehead atoms. The molecule has 1 aromatic rings. The van der Waals surface area contributed by atoms with Crippen molar-refractivity contribution in [1.29, 1.82) is 0 Å². The van der Waals surface area contributed by atoms with Crippen LogP contribution in [0.3, 0.4) is 0 Å². The van der Waals surface area contributed by atoms with Crippen LogP contribution >= 0.6 is 11.6 Å². The molecule has 2 fully saturated rings. The average molecular weight is 420 g/mol. The van der Waals surface area contributed by atoms with Gasteiger partial charge in [-0.05, 0) is 43.9 Å². The number of nitrogens with one attached hydrogen (secondary N) is 1. The maximum Gasteiger partial charge on any atom is 0.244 e. The number of guanidine groups is 1. The van der Waals surface area contributed by atoms with Gasteiger partial charge in [0.15, 0.2) is 5.96 Å². The third-order valence-corrected chi connectivity index (χ3v) is 5.56. The Morgan fingerprint density at radius 1 is 1.07 bits per heavy atom. The summed E-state index contributed by atoms with van der Waals surface area (Å²) in [5.74, 6) is 0.754. The molecule has 7 nitrogen and oxygen atoms in total. The largest absolute Gasteiger partial charge is 0.356 e. The van der Waals surface area contributed by atoms with Gasteiger partial charge in [0.2, 0.25) is 11.8 Å². The fourth-order valence-electron chi connectivity index (χ4n) is 3.68. The lowest BCUT2D eigenvalue weighted by Crippen LogP contribution is -2.55. The summed E-state index contributed by atoms with van der Waals surface area (Å²) in [4.78, 5) is 35.3. The Labute approximate surface area is 177 Å². The first-order valence-electron chi connectivity index (χ1n) is 10.4. The Morgan fingerprint density at radius 3 is 2.45 bits per heavy atom. The van der Waals surface area contributed by atoms with E-state index in [9.17, 15) is 9.59 Å². The Hall–Kier alpha value is -2.28. The molecule has 2 amide bonds. The van der Waals surface area contributed by atoms with Crippen molar-refractivity contribution in [2.24, 2.45) is 4.99 Å². The Balaban J connectivity index is 1.56. The number of benzene rings is 1. The van der Waals surface area contributed by atoms with E-state index in [0.29, 0.717) is 37.2 Å². The topological polar surface area (TPSA) is 68.2 Å². The minimum absolute atomic E-state index is 0.0548. The molecule has 2 heterocycles. The molecule has 0 radical (unpaired) electrons. The highest BCUT2D eigenvalue weighted by atomic mass is 35.5. The molecule has 2 aliphatic heterocycles. The zero-order valence-electron chi connectivity index (χ0n) is 17.1. The summed E-state index contributed by atoms with van der Waals surface area (Å²) in [5, 5.41) is 3.91. The van der Waals surface area contributed by atoms with E-state index in [-0.39, 0.29) is 24.9 Å². The van der Waals surface area contributed by atoms with Crippen molar-refractivity contribution in [3.63, 3.8) is 0 Å². The molecule has 1 aromatic carbocycles. The number of halogens is 1. The van der Waals surface area contributed by atoms with Crippen LogP contribution in [0.15, 0.2) is 29.3 Å². The minimum atomic E-state index is 0.0548. The van der Waals surface area contributed by atoms with Gasteiger partial charge in [-0.3, -0.25) is 9.59 Å². The van der Waals surface area contributed by atoms with Gasteiger partial charge in [-0.1, -0.05) is 23.7 Å². The van der Waals surface area contributed by atoms with Crippen molar-refractivity contribution in [3.05, 3.63) is 34.9 Å². The smallest absolute Gasteiger partial charge is 0.244 e. The van der Waals surface area contributed by atoms with Crippen molar-refractivity contribution in [2.45, 2.75) is 32.7 Å². The number of aliphatic imine (C=N–C) groups is 1. The van der Waals surface area contributed by atoms with Crippen LogP contribution in [0.2, 0.25) is 5.02 Å². The maximum absolute atomic E-state index is 12.7. The summed E-state index contributed by atoms with van der Waals surface area (Å²) >= 11 is 5.93. The van der Waals surface area contributed by atoms with E-state index in [1.807, 2.05) is 45.9 Å². The van der Waals surface area contributed by atoms with Gasteiger partial charge in [-0.2, -0.15) is 0 Å². The zero-order valence-corrected chi connectivity index (χ0v) is 17.8. The number of likely N-dealkylation sites (tertiary alicyclic amines) is 1. The molecular formula is C21H30ClN5O2. The summed E-state index contributed by atoms with van der Waals surface area (Å²) in [6.45, 7) is 6.59. The summed E-state index contributed by atoms with van der Waals surface area (Å²) in [6.07, 6.45) is 3.33. The first kappa shape index (κ1) is 21.4. The SMILES string of the molecule is CCNC(=NCC(=O)N1CCCCC1)N1CCN(Cc2ccc(Cl)cc2)C(=O)C1. The number of piperidine rings is 1. The molecule has 3 rings (SSSR count). The number of rotatable bonds is 5. The second-order valence-electron chi connectivity index (χ2n) is 7.47. The molecule has 0 spiro atoms. The second-order valence-corrected chi connectivity index (χ2v) is 7.91. The molecule has 8 heteroatoms.